The zero-order valence-electron chi connectivity index (χ0n) is 9.39. The molecule has 1 aromatic carbocycles. The van der Waals surface area contributed by atoms with Gasteiger partial charge in [-0.15, -0.1) is 11.8 Å². The van der Waals surface area contributed by atoms with Crippen molar-refractivity contribution in [2.24, 2.45) is 0 Å². The topological polar surface area (TPSA) is 12.0 Å². The predicted molar refractivity (Wildman–Crippen MR) is 62.7 cm³/mol. The van der Waals surface area contributed by atoms with Gasteiger partial charge in [-0.25, -0.2) is 8.78 Å². The molecule has 4 heteroatoms. The molecule has 0 aliphatic carbocycles. The van der Waals surface area contributed by atoms with Gasteiger partial charge in [-0.05, 0) is 24.6 Å². The number of halogens is 2. The quantitative estimate of drug-likeness (QED) is 0.853. The maximum Gasteiger partial charge on any atom is 0.140 e. The molecule has 1 N–H and O–H groups in total. The molecule has 88 valence electrons. The first-order valence-electron chi connectivity index (χ1n) is 5.50. The van der Waals surface area contributed by atoms with Crippen molar-refractivity contribution in [2.75, 3.05) is 6.54 Å². The van der Waals surface area contributed by atoms with Crippen LogP contribution >= 0.6 is 11.8 Å². The molecule has 2 atom stereocenters. The molecule has 2 unspecified atom stereocenters. The lowest BCUT2D eigenvalue weighted by atomic mass is 10.0. The summed E-state index contributed by atoms with van der Waals surface area (Å²) in [5, 5.41) is 3.64. The minimum absolute atomic E-state index is 0.0708. The summed E-state index contributed by atoms with van der Waals surface area (Å²) in [6, 6.07) is 2.48. The fourth-order valence-corrected chi connectivity index (χ4v) is 3.31. The lowest BCUT2D eigenvalue weighted by Gasteiger charge is -2.30. The van der Waals surface area contributed by atoms with Crippen molar-refractivity contribution >= 4 is 11.8 Å². The molecular formula is C12H15F2NS. The van der Waals surface area contributed by atoms with Crippen LogP contribution in [0.4, 0.5) is 8.78 Å². The first kappa shape index (κ1) is 11.9. The van der Waals surface area contributed by atoms with E-state index in [4.69, 9.17) is 0 Å². The van der Waals surface area contributed by atoms with Crippen molar-refractivity contribution < 1.29 is 8.78 Å². The molecule has 1 nitrogen and oxygen atoms in total. The predicted octanol–water partition coefficient (Wildman–Crippen LogP) is 3.50. The van der Waals surface area contributed by atoms with Crippen molar-refractivity contribution in [1.82, 2.24) is 5.32 Å². The minimum atomic E-state index is -0.491. The third-order valence-corrected chi connectivity index (χ3v) is 4.01. The molecule has 0 saturated heterocycles. The van der Waals surface area contributed by atoms with E-state index in [9.17, 15) is 8.78 Å². The highest BCUT2D eigenvalue weighted by atomic mass is 32.2. The summed E-state index contributed by atoms with van der Waals surface area (Å²) in [7, 11) is 0. The lowest BCUT2D eigenvalue weighted by molar-refractivity contribution is 0.477. The minimum Gasteiger partial charge on any atom is -0.310 e. The lowest BCUT2D eigenvalue weighted by Crippen LogP contribution is -2.27. The van der Waals surface area contributed by atoms with E-state index in [1.54, 1.807) is 0 Å². The average Bonchev–Trinajstić information content (AvgIpc) is 2.20. The van der Waals surface area contributed by atoms with Gasteiger partial charge in [0.05, 0.1) is 0 Å². The molecule has 1 heterocycles. The SMILES string of the molecule is CCNC1CC(C)Sc2c(F)cc(F)cc21. The second-order valence-corrected chi connectivity index (χ2v) is 5.53. The van der Waals surface area contributed by atoms with E-state index in [1.807, 2.05) is 6.92 Å². The van der Waals surface area contributed by atoms with Crippen LogP contribution in [0.2, 0.25) is 0 Å². The standard InChI is InChI=1S/C12H15F2NS/c1-3-15-11-4-7(2)16-12-9(11)5-8(13)6-10(12)14/h5-7,11,15H,3-4H2,1-2H3. The van der Waals surface area contributed by atoms with Gasteiger partial charge in [-0.3, -0.25) is 0 Å². The van der Waals surface area contributed by atoms with Gasteiger partial charge < -0.3 is 5.32 Å². The van der Waals surface area contributed by atoms with E-state index in [-0.39, 0.29) is 6.04 Å². The normalized spacial score (nSPS) is 24.2. The van der Waals surface area contributed by atoms with E-state index in [0.29, 0.717) is 10.1 Å². The summed E-state index contributed by atoms with van der Waals surface area (Å²) in [6.07, 6.45) is 0.911. The highest BCUT2D eigenvalue weighted by Crippen LogP contribution is 2.42. The van der Waals surface area contributed by atoms with Crippen LogP contribution < -0.4 is 5.32 Å². The monoisotopic (exact) mass is 243 g/mol. The van der Waals surface area contributed by atoms with Crippen LogP contribution in [0, 0.1) is 11.6 Å². The summed E-state index contributed by atoms with van der Waals surface area (Å²) < 4.78 is 26.8. The molecule has 0 radical (unpaired) electrons. The van der Waals surface area contributed by atoms with E-state index in [0.717, 1.165) is 24.6 Å². The van der Waals surface area contributed by atoms with Crippen LogP contribution in [-0.4, -0.2) is 11.8 Å². The summed E-state index contributed by atoms with van der Waals surface area (Å²) in [4.78, 5) is 0.603. The number of benzene rings is 1. The first-order chi connectivity index (χ1) is 7.61. The zero-order valence-corrected chi connectivity index (χ0v) is 10.2. The van der Waals surface area contributed by atoms with Crippen molar-refractivity contribution in [3.05, 3.63) is 29.3 Å². The Labute approximate surface area is 98.6 Å². The molecule has 16 heavy (non-hydrogen) atoms. The summed E-state index contributed by atoms with van der Waals surface area (Å²) in [5.74, 6) is -0.927. The first-order valence-corrected chi connectivity index (χ1v) is 6.38. The Hall–Kier alpha value is -0.610. The van der Waals surface area contributed by atoms with Crippen LogP contribution in [0.15, 0.2) is 17.0 Å². The Kier molecular flexibility index (Phi) is 3.50. The largest absolute Gasteiger partial charge is 0.310 e. The zero-order chi connectivity index (χ0) is 11.7. The van der Waals surface area contributed by atoms with E-state index in [1.165, 1.54) is 17.8 Å². The number of hydrogen-bond acceptors (Lipinski definition) is 2. The summed E-state index contributed by atoms with van der Waals surface area (Å²) in [6.45, 7) is 4.88. The maximum absolute atomic E-state index is 13.6. The fraction of sp³-hybridized carbons (Fsp3) is 0.500. The smallest absolute Gasteiger partial charge is 0.140 e. The van der Waals surface area contributed by atoms with Gasteiger partial charge >= 0.3 is 0 Å². The number of rotatable bonds is 2. The van der Waals surface area contributed by atoms with Crippen molar-refractivity contribution in [1.29, 1.82) is 0 Å². The molecule has 0 amide bonds. The van der Waals surface area contributed by atoms with Gasteiger partial charge in [0.25, 0.3) is 0 Å². The molecule has 0 bridgehead atoms. The number of hydrogen-bond donors (Lipinski definition) is 1. The summed E-state index contributed by atoms with van der Waals surface area (Å²) >= 11 is 1.50. The molecule has 0 aromatic heterocycles. The fourth-order valence-electron chi connectivity index (χ4n) is 2.11. The number of nitrogens with one attached hydrogen (secondary N) is 1. The van der Waals surface area contributed by atoms with Crippen LogP contribution in [-0.2, 0) is 0 Å². The molecule has 1 aliphatic heterocycles. The molecule has 0 fully saturated rings. The average molecular weight is 243 g/mol. The van der Waals surface area contributed by atoms with Crippen molar-refractivity contribution in [3.63, 3.8) is 0 Å². The van der Waals surface area contributed by atoms with E-state index >= 15 is 0 Å². The van der Waals surface area contributed by atoms with Gasteiger partial charge in [0.1, 0.15) is 11.6 Å². The van der Waals surface area contributed by atoms with Gasteiger partial charge in [0.15, 0.2) is 0 Å². The highest BCUT2D eigenvalue weighted by molar-refractivity contribution is 8.00. The molecule has 1 aromatic rings. The van der Waals surface area contributed by atoms with Crippen LogP contribution in [0.5, 0.6) is 0 Å². The third kappa shape index (κ3) is 2.23. The van der Waals surface area contributed by atoms with Crippen LogP contribution in [0.1, 0.15) is 31.9 Å². The van der Waals surface area contributed by atoms with E-state index in [2.05, 4.69) is 12.2 Å². The van der Waals surface area contributed by atoms with Crippen LogP contribution in [0.25, 0.3) is 0 Å². The Morgan fingerprint density at radius 3 is 2.88 bits per heavy atom. The Bertz CT molecular complexity index is 395. The summed E-state index contributed by atoms with van der Waals surface area (Å²) in [5.41, 5.74) is 0.766. The molecule has 0 spiro atoms. The Morgan fingerprint density at radius 2 is 2.19 bits per heavy atom. The van der Waals surface area contributed by atoms with Gasteiger partial charge in [0.2, 0.25) is 0 Å². The van der Waals surface area contributed by atoms with Crippen molar-refractivity contribution in [3.8, 4) is 0 Å². The molecule has 1 aliphatic rings. The Balaban J connectivity index is 2.43. The molecule has 2 rings (SSSR count). The Morgan fingerprint density at radius 1 is 1.44 bits per heavy atom. The number of thioether (sulfide) groups is 1. The second kappa shape index (κ2) is 4.72. The third-order valence-electron chi connectivity index (χ3n) is 2.75. The van der Waals surface area contributed by atoms with Gasteiger partial charge in [0, 0.05) is 22.3 Å². The van der Waals surface area contributed by atoms with Gasteiger partial charge in [-0.1, -0.05) is 13.8 Å². The van der Waals surface area contributed by atoms with Gasteiger partial charge in [-0.2, -0.15) is 0 Å². The highest BCUT2D eigenvalue weighted by Gasteiger charge is 2.27. The van der Waals surface area contributed by atoms with Crippen LogP contribution in [0.3, 0.4) is 0 Å². The van der Waals surface area contributed by atoms with E-state index < -0.39 is 11.6 Å². The second-order valence-electron chi connectivity index (χ2n) is 4.08. The number of fused-ring (bicyclic) bond motifs is 1. The maximum atomic E-state index is 13.6. The molecule has 0 saturated carbocycles. The molecular weight excluding hydrogens is 228 g/mol. The van der Waals surface area contributed by atoms with Crippen molar-refractivity contribution in [2.45, 2.75) is 36.5 Å².